The van der Waals surface area contributed by atoms with Crippen LogP contribution in [0.3, 0.4) is 0 Å². The smallest absolute Gasteiger partial charge is 0.642 e. The van der Waals surface area contributed by atoms with E-state index in [4.69, 9.17) is 4.74 Å². The van der Waals surface area contributed by atoms with Gasteiger partial charge in [-0.05, 0) is 29.8 Å². The van der Waals surface area contributed by atoms with Gasteiger partial charge in [0, 0.05) is 53.5 Å². The third-order valence-corrected chi connectivity index (χ3v) is 5.00. The van der Waals surface area contributed by atoms with Crippen LogP contribution in [0.5, 0.6) is 11.5 Å². The second-order valence-electron chi connectivity index (χ2n) is 7.84. The molecule has 37 heavy (non-hydrogen) atoms. The fourth-order valence-electron chi connectivity index (χ4n) is 3.42. The number of methoxy groups -OCH3 is 1. The summed E-state index contributed by atoms with van der Waals surface area (Å²) in [5.74, 6) is -2.11. The molecule has 1 aliphatic rings. The van der Waals surface area contributed by atoms with E-state index >= 15 is 0 Å². The van der Waals surface area contributed by atoms with Crippen molar-refractivity contribution in [2.24, 2.45) is 0 Å². The monoisotopic (exact) mass is 527 g/mol. The first kappa shape index (κ1) is 32.2. The van der Waals surface area contributed by atoms with Crippen LogP contribution in [0.15, 0.2) is 42.5 Å². The Hall–Kier alpha value is -2.80. The Balaban J connectivity index is 0.000000423. The first-order chi connectivity index (χ1) is 17.1. The molecular formula is C24H30BFN2NaO8. The van der Waals surface area contributed by atoms with E-state index in [9.17, 15) is 23.9 Å². The summed E-state index contributed by atoms with van der Waals surface area (Å²) in [5.41, 5.74) is 2.00. The van der Waals surface area contributed by atoms with Gasteiger partial charge < -0.3 is 28.7 Å². The molecule has 1 N–H and O–H groups in total. The molecule has 0 bridgehead atoms. The minimum atomic E-state index is -1.59. The van der Waals surface area contributed by atoms with Gasteiger partial charge in [-0.1, -0.05) is 18.2 Å². The molecule has 0 saturated carbocycles. The predicted octanol–water partition coefficient (Wildman–Crippen LogP) is -0.473. The summed E-state index contributed by atoms with van der Waals surface area (Å²) in [6.45, 7) is 7.60. The normalized spacial score (nSPS) is 13.0. The quantitative estimate of drug-likeness (QED) is 0.474. The van der Waals surface area contributed by atoms with E-state index in [-0.39, 0.29) is 35.3 Å². The van der Waals surface area contributed by atoms with E-state index in [1.165, 1.54) is 12.1 Å². The van der Waals surface area contributed by atoms with Crippen LogP contribution in [0.4, 0.5) is 10.1 Å². The van der Waals surface area contributed by atoms with Crippen LogP contribution in [0.1, 0.15) is 26.3 Å². The van der Waals surface area contributed by atoms with Gasteiger partial charge in [0.25, 0.3) is 17.9 Å². The standard InChI is InChI=1S/C18H21FN2O2.C6H9BO6.Na/c1-23-18-5-3-2-4-16(18)21-10-8-20(9-11-21)13-14-6-7-17(22)15(19)12-14;1-4(8)11-7(12-5(2)9)13-6(3)10;/h2-7,12,22H,8-11,13H2,1H3;1-3H3;/q;-1;+1. The summed E-state index contributed by atoms with van der Waals surface area (Å²) >= 11 is 0. The Morgan fingerprint density at radius 2 is 1.46 bits per heavy atom. The van der Waals surface area contributed by atoms with E-state index in [0.717, 1.165) is 64.0 Å². The van der Waals surface area contributed by atoms with Gasteiger partial charge in [-0.2, -0.15) is 0 Å². The Labute approximate surface area is 238 Å². The van der Waals surface area contributed by atoms with E-state index in [0.29, 0.717) is 6.54 Å². The van der Waals surface area contributed by atoms with E-state index in [2.05, 4.69) is 29.8 Å². The first-order valence-electron chi connectivity index (χ1n) is 11.2. The summed E-state index contributed by atoms with van der Waals surface area (Å²) in [4.78, 5) is 35.8. The van der Waals surface area contributed by atoms with Gasteiger partial charge in [0.2, 0.25) is 0 Å². The number of phenols is 1. The van der Waals surface area contributed by atoms with Gasteiger partial charge in [-0.25, -0.2) is 4.39 Å². The summed E-state index contributed by atoms with van der Waals surface area (Å²) in [7, 11) is 0.0987. The molecule has 1 radical (unpaired) electrons. The molecule has 1 aliphatic heterocycles. The molecule has 2 aromatic carbocycles. The van der Waals surface area contributed by atoms with Crippen molar-refractivity contribution >= 4 is 30.9 Å². The van der Waals surface area contributed by atoms with Crippen LogP contribution in [-0.4, -0.2) is 68.5 Å². The maximum atomic E-state index is 13.4. The van der Waals surface area contributed by atoms with Gasteiger partial charge in [0.15, 0.2) is 11.6 Å². The second kappa shape index (κ2) is 16.1. The summed E-state index contributed by atoms with van der Waals surface area (Å²) in [6, 6.07) is 12.6. The zero-order valence-electron chi connectivity index (χ0n) is 21.7. The number of para-hydroxylation sites is 2. The van der Waals surface area contributed by atoms with Crippen molar-refractivity contribution in [1.82, 2.24) is 4.90 Å². The molecule has 0 unspecified atom stereocenters. The van der Waals surface area contributed by atoms with Crippen LogP contribution >= 0.6 is 0 Å². The van der Waals surface area contributed by atoms with Crippen LogP contribution in [0.25, 0.3) is 0 Å². The number of carbonyl (C=O) groups is 3. The van der Waals surface area contributed by atoms with Gasteiger partial charge in [-0.3, -0.25) is 19.3 Å². The molecule has 0 amide bonds. The number of phenolic OH excluding ortho intramolecular Hbond substituents is 1. The SMILES string of the molecule is CC(=O)O[B-](OC(C)=O)OC(C)=O.COc1ccccc1N1CCN(Cc2ccc(O)c(F)c2)CC1.[Na+]. The van der Waals surface area contributed by atoms with Crippen molar-refractivity contribution in [3.05, 3.63) is 53.8 Å². The predicted molar refractivity (Wildman–Crippen MR) is 130 cm³/mol. The number of anilines is 1. The van der Waals surface area contributed by atoms with E-state index < -0.39 is 31.0 Å². The fraction of sp³-hybridized carbons (Fsp3) is 0.375. The number of benzene rings is 2. The largest absolute Gasteiger partial charge is 1.00 e. The van der Waals surface area contributed by atoms with Crippen molar-refractivity contribution in [3.63, 3.8) is 0 Å². The number of piperazine rings is 1. The average molecular weight is 527 g/mol. The van der Waals surface area contributed by atoms with Gasteiger partial charge >= 0.3 is 36.9 Å². The number of aromatic hydroxyl groups is 1. The Bertz CT molecular complexity index is 1020. The number of rotatable bonds is 7. The molecule has 2 aromatic rings. The molecule has 0 aromatic heterocycles. The van der Waals surface area contributed by atoms with Crippen molar-refractivity contribution in [1.29, 1.82) is 0 Å². The zero-order chi connectivity index (χ0) is 26.7. The fourth-order valence-corrected chi connectivity index (χ4v) is 3.42. The molecule has 0 spiro atoms. The summed E-state index contributed by atoms with van der Waals surface area (Å²) < 4.78 is 31.9. The third-order valence-electron chi connectivity index (χ3n) is 5.00. The van der Waals surface area contributed by atoms with E-state index in [1.54, 1.807) is 13.2 Å². The van der Waals surface area contributed by atoms with Gasteiger partial charge in [0.1, 0.15) is 5.75 Å². The van der Waals surface area contributed by atoms with Crippen LogP contribution in [0, 0.1) is 5.82 Å². The van der Waals surface area contributed by atoms with E-state index in [1.807, 2.05) is 18.2 Å². The third kappa shape index (κ3) is 11.4. The van der Waals surface area contributed by atoms with Gasteiger partial charge in [0.05, 0.1) is 12.8 Å². The molecular weight excluding hydrogens is 497 g/mol. The molecule has 1 heterocycles. The van der Waals surface area contributed by atoms with Crippen molar-refractivity contribution in [2.75, 3.05) is 38.2 Å². The zero-order valence-corrected chi connectivity index (χ0v) is 23.7. The molecule has 3 rings (SSSR count). The molecule has 1 saturated heterocycles. The minimum Gasteiger partial charge on any atom is -0.642 e. The summed E-state index contributed by atoms with van der Waals surface area (Å²) in [6.07, 6.45) is 0. The summed E-state index contributed by atoms with van der Waals surface area (Å²) in [5, 5.41) is 9.25. The number of halogens is 1. The average Bonchev–Trinajstić information content (AvgIpc) is 2.81. The maximum Gasteiger partial charge on any atom is 1.00 e. The minimum absolute atomic E-state index is 0. The van der Waals surface area contributed by atoms with Crippen molar-refractivity contribution in [2.45, 2.75) is 27.3 Å². The van der Waals surface area contributed by atoms with Crippen molar-refractivity contribution < 1.29 is 72.1 Å². The number of ether oxygens (including phenoxy) is 1. The number of hydrogen-bond acceptors (Lipinski definition) is 10. The Morgan fingerprint density at radius 3 is 1.95 bits per heavy atom. The molecule has 195 valence electrons. The Morgan fingerprint density at radius 1 is 0.919 bits per heavy atom. The maximum absolute atomic E-state index is 13.4. The second-order valence-corrected chi connectivity index (χ2v) is 7.84. The molecule has 0 aliphatic carbocycles. The van der Waals surface area contributed by atoms with Crippen LogP contribution in [-0.2, 0) is 34.9 Å². The van der Waals surface area contributed by atoms with Crippen LogP contribution < -0.4 is 39.2 Å². The van der Waals surface area contributed by atoms with Crippen LogP contribution in [0.2, 0.25) is 0 Å². The van der Waals surface area contributed by atoms with Crippen molar-refractivity contribution in [3.8, 4) is 11.5 Å². The molecule has 1 fully saturated rings. The molecule has 0 atom stereocenters. The molecule has 10 nitrogen and oxygen atoms in total. The number of nitrogens with zero attached hydrogens (tertiary/aromatic N) is 2. The van der Waals surface area contributed by atoms with Gasteiger partial charge in [-0.15, -0.1) is 0 Å². The topological polar surface area (TPSA) is 115 Å². The Kier molecular flexibility index (Phi) is 14.1. The number of hydrogen-bond donors (Lipinski definition) is 1. The molecule has 13 heteroatoms. The number of carbonyl (C=O) groups excluding carboxylic acids is 3. The first-order valence-corrected chi connectivity index (χ1v) is 11.2.